The molecule has 12 heavy (non-hydrogen) atoms. The first-order valence-corrected chi connectivity index (χ1v) is 5.84. The van der Waals surface area contributed by atoms with Crippen LogP contribution in [0.5, 0.6) is 0 Å². The van der Waals surface area contributed by atoms with Crippen molar-refractivity contribution in [3.63, 3.8) is 0 Å². The fourth-order valence-electron chi connectivity index (χ4n) is 1.38. The normalized spacial score (nSPS) is 31.5. The molecule has 0 radical (unpaired) electrons. The van der Waals surface area contributed by atoms with E-state index in [0.29, 0.717) is 16.8 Å². The standard InChI is InChI=1S/C10H21NS/c1-7(2)9-11-8(6-12-9)10(3,4)5/h7-9,11H,6H2,1-5H3. The molecule has 1 N–H and O–H groups in total. The first kappa shape index (κ1) is 10.4. The van der Waals surface area contributed by atoms with Crippen molar-refractivity contribution in [3.05, 3.63) is 0 Å². The molecule has 0 saturated carbocycles. The number of hydrogen-bond donors (Lipinski definition) is 1. The van der Waals surface area contributed by atoms with E-state index in [1.807, 2.05) is 0 Å². The summed E-state index contributed by atoms with van der Waals surface area (Å²) >= 11 is 2.07. The lowest BCUT2D eigenvalue weighted by Gasteiger charge is -2.27. The van der Waals surface area contributed by atoms with Crippen LogP contribution in [0.4, 0.5) is 0 Å². The molecule has 0 amide bonds. The highest BCUT2D eigenvalue weighted by Crippen LogP contribution is 2.32. The molecule has 1 aliphatic heterocycles. The third-order valence-corrected chi connectivity index (χ3v) is 4.02. The first-order valence-electron chi connectivity index (χ1n) is 4.79. The minimum atomic E-state index is 0.413. The predicted octanol–water partition coefficient (Wildman–Crippen LogP) is 2.72. The molecular formula is C10H21NS. The summed E-state index contributed by atoms with van der Waals surface area (Å²) in [5, 5.41) is 4.37. The van der Waals surface area contributed by atoms with Gasteiger partial charge < -0.3 is 5.32 Å². The van der Waals surface area contributed by atoms with E-state index in [1.165, 1.54) is 5.75 Å². The second kappa shape index (κ2) is 3.59. The summed E-state index contributed by atoms with van der Waals surface area (Å²) in [4.78, 5) is 0. The number of nitrogens with one attached hydrogen (secondary N) is 1. The van der Waals surface area contributed by atoms with Gasteiger partial charge in [0.25, 0.3) is 0 Å². The maximum absolute atomic E-state index is 3.69. The van der Waals surface area contributed by atoms with E-state index in [-0.39, 0.29) is 0 Å². The molecule has 0 aromatic heterocycles. The molecule has 2 atom stereocenters. The molecule has 2 unspecified atom stereocenters. The van der Waals surface area contributed by atoms with Crippen LogP contribution >= 0.6 is 11.8 Å². The third kappa shape index (κ3) is 2.40. The molecule has 1 saturated heterocycles. The van der Waals surface area contributed by atoms with Gasteiger partial charge in [-0.05, 0) is 11.3 Å². The van der Waals surface area contributed by atoms with Gasteiger partial charge in [0.15, 0.2) is 0 Å². The van der Waals surface area contributed by atoms with E-state index in [2.05, 4.69) is 51.7 Å². The molecule has 1 aliphatic rings. The lowest BCUT2D eigenvalue weighted by molar-refractivity contribution is 0.287. The van der Waals surface area contributed by atoms with Crippen molar-refractivity contribution < 1.29 is 0 Å². The lowest BCUT2D eigenvalue weighted by Crippen LogP contribution is -2.41. The molecule has 0 aromatic carbocycles. The van der Waals surface area contributed by atoms with Crippen LogP contribution in [-0.4, -0.2) is 17.2 Å². The predicted molar refractivity (Wildman–Crippen MR) is 57.5 cm³/mol. The number of hydrogen-bond acceptors (Lipinski definition) is 2. The second-order valence-electron chi connectivity index (χ2n) is 5.08. The van der Waals surface area contributed by atoms with Crippen LogP contribution in [-0.2, 0) is 0 Å². The van der Waals surface area contributed by atoms with Crippen LogP contribution in [0.2, 0.25) is 0 Å². The van der Waals surface area contributed by atoms with Crippen molar-refractivity contribution in [2.24, 2.45) is 11.3 Å². The highest BCUT2D eigenvalue weighted by Gasteiger charge is 2.33. The van der Waals surface area contributed by atoms with Gasteiger partial charge in [-0.1, -0.05) is 34.6 Å². The second-order valence-corrected chi connectivity index (χ2v) is 6.26. The van der Waals surface area contributed by atoms with Gasteiger partial charge in [-0.15, -0.1) is 11.8 Å². The number of rotatable bonds is 1. The number of thioether (sulfide) groups is 1. The van der Waals surface area contributed by atoms with Crippen molar-refractivity contribution in [2.75, 3.05) is 5.75 Å². The van der Waals surface area contributed by atoms with E-state index in [0.717, 1.165) is 5.92 Å². The van der Waals surface area contributed by atoms with Crippen LogP contribution in [0, 0.1) is 11.3 Å². The largest absolute Gasteiger partial charge is 0.301 e. The quantitative estimate of drug-likeness (QED) is 0.677. The van der Waals surface area contributed by atoms with E-state index in [4.69, 9.17) is 0 Å². The Bertz CT molecular complexity index is 148. The van der Waals surface area contributed by atoms with Gasteiger partial charge in [-0.2, -0.15) is 0 Å². The summed E-state index contributed by atoms with van der Waals surface area (Å²) in [6.07, 6.45) is 0. The summed E-state index contributed by atoms with van der Waals surface area (Å²) in [7, 11) is 0. The van der Waals surface area contributed by atoms with E-state index < -0.39 is 0 Å². The Morgan fingerprint density at radius 2 is 1.92 bits per heavy atom. The van der Waals surface area contributed by atoms with E-state index in [9.17, 15) is 0 Å². The van der Waals surface area contributed by atoms with Crippen molar-refractivity contribution in [3.8, 4) is 0 Å². The molecule has 1 heterocycles. The van der Waals surface area contributed by atoms with Crippen molar-refractivity contribution in [1.29, 1.82) is 0 Å². The Kier molecular flexibility index (Phi) is 3.11. The van der Waals surface area contributed by atoms with Crippen molar-refractivity contribution >= 4 is 11.8 Å². The first-order chi connectivity index (χ1) is 5.41. The van der Waals surface area contributed by atoms with Crippen molar-refractivity contribution in [2.45, 2.75) is 46.0 Å². The molecule has 0 aliphatic carbocycles. The Morgan fingerprint density at radius 3 is 2.17 bits per heavy atom. The molecule has 1 fully saturated rings. The van der Waals surface area contributed by atoms with E-state index >= 15 is 0 Å². The summed E-state index contributed by atoms with van der Waals surface area (Å²) in [5.74, 6) is 2.02. The smallest absolute Gasteiger partial charge is 0.0558 e. The zero-order valence-electron chi connectivity index (χ0n) is 8.85. The molecule has 1 rings (SSSR count). The minimum Gasteiger partial charge on any atom is -0.301 e. The fourth-order valence-corrected chi connectivity index (χ4v) is 3.02. The van der Waals surface area contributed by atoms with Crippen LogP contribution < -0.4 is 5.32 Å². The molecule has 0 bridgehead atoms. The van der Waals surface area contributed by atoms with Gasteiger partial charge in [0.1, 0.15) is 0 Å². The van der Waals surface area contributed by atoms with Gasteiger partial charge in [0.2, 0.25) is 0 Å². The highest BCUT2D eigenvalue weighted by molar-refractivity contribution is 8.00. The Hall–Kier alpha value is 0.310. The van der Waals surface area contributed by atoms with Crippen LogP contribution in [0.25, 0.3) is 0 Å². The Labute approximate surface area is 80.7 Å². The Balaban J connectivity index is 2.46. The summed E-state index contributed by atoms with van der Waals surface area (Å²) < 4.78 is 0. The minimum absolute atomic E-state index is 0.413. The van der Waals surface area contributed by atoms with Crippen molar-refractivity contribution in [1.82, 2.24) is 5.32 Å². The van der Waals surface area contributed by atoms with Gasteiger partial charge in [0.05, 0.1) is 5.37 Å². The highest BCUT2D eigenvalue weighted by atomic mass is 32.2. The lowest BCUT2D eigenvalue weighted by atomic mass is 9.88. The topological polar surface area (TPSA) is 12.0 Å². The SMILES string of the molecule is CC(C)C1NC(C(C)(C)C)CS1. The molecule has 72 valence electrons. The molecule has 2 heteroatoms. The van der Waals surface area contributed by atoms with Crippen LogP contribution in [0.1, 0.15) is 34.6 Å². The molecule has 0 spiro atoms. The Morgan fingerprint density at radius 1 is 1.33 bits per heavy atom. The van der Waals surface area contributed by atoms with Gasteiger partial charge in [-0.25, -0.2) is 0 Å². The average molecular weight is 187 g/mol. The van der Waals surface area contributed by atoms with Gasteiger partial charge >= 0.3 is 0 Å². The van der Waals surface area contributed by atoms with Crippen LogP contribution in [0.15, 0.2) is 0 Å². The average Bonchev–Trinajstić information content (AvgIpc) is 2.30. The monoisotopic (exact) mass is 187 g/mol. The van der Waals surface area contributed by atoms with Gasteiger partial charge in [-0.3, -0.25) is 0 Å². The molecule has 0 aromatic rings. The zero-order valence-corrected chi connectivity index (χ0v) is 9.66. The zero-order chi connectivity index (χ0) is 9.35. The van der Waals surface area contributed by atoms with Crippen LogP contribution in [0.3, 0.4) is 0 Å². The molecule has 1 nitrogen and oxygen atoms in total. The third-order valence-electron chi connectivity index (χ3n) is 2.46. The maximum Gasteiger partial charge on any atom is 0.0558 e. The molecular weight excluding hydrogens is 166 g/mol. The van der Waals surface area contributed by atoms with Gasteiger partial charge in [0, 0.05) is 11.8 Å². The summed E-state index contributed by atoms with van der Waals surface area (Å²) in [6, 6.07) is 0.690. The summed E-state index contributed by atoms with van der Waals surface area (Å²) in [5.41, 5.74) is 0.413. The fraction of sp³-hybridized carbons (Fsp3) is 1.00. The summed E-state index contributed by atoms with van der Waals surface area (Å²) in [6.45, 7) is 11.5. The van der Waals surface area contributed by atoms with E-state index in [1.54, 1.807) is 0 Å². The maximum atomic E-state index is 3.69.